The third-order valence-electron chi connectivity index (χ3n) is 4.28. The largest absolute Gasteiger partial charge is 0.382 e. The zero-order valence-corrected chi connectivity index (χ0v) is 14.0. The van der Waals surface area contributed by atoms with Crippen molar-refractivity contribution in [3.8, 4) is 0 Å². The van der Waals surface area contributed by atoms with Crippen molar-refractivity contribution in [2.45, 2.75) is 32.5 Å². The van der Waals surface area contributed by atoms with Crippen molar-refractivity contribution < 1.29 is 18.7 Å². The average Bonchev–Trinajstić information content (AvgIpc) is 2.55. The minimum Gasteiger partial charge on any atom is -0.382 e. The highest BCUT2D eigenvalue weighted by atomic mass is 19.1. The van der Waals surface area contributed by atoms with Gasteiger partial charge in [-0.1, -0.05) is 0 Å². The minimum absolute atomic E-state index is 0.0657. The zero-order valence-electron chi connectivity index (χ0n) is 14.0. The Morgan fingerprint density at radius 3 is 2.91 bits per heavy atom. The maximum Gasteiger partial charge on any atom is 0.254 e. The maximum atomic E-state index is 13.9. The Hall–Kier alpha value is -1.50. The summed E-state index contributed by atoms with van der Waals surface area (Å²) < 4.78 is 24.1. The lowest BCUT2D eigenvalue weighted by Gasteiger charge is -2.38. The lowest BCUT2D eigenvalue weighted by Crippen LogP contribution is -2.57. The molecule has 0 aromatic heterocycles. The van der Waals surface area contributed by atoms with Crippen LogP contribution >= 0.6 is 0 Å². The van der Waals surface area contributed by atoms with Gasteiger partial charge in [0.25, 0.3) is 5.91 Å². The van der Waals surface area contributed by atoms with Crippen LogP contribution in [0.15, 0.2) is 18.2 Å². The molecule has 1 aromatic rings. The van der Waals surface area contributed by atoms with E-state index in [-0.39, 0.29) is 30.4 Å². The molecule has 0 radical (unpaired) electrons. The molecule has 1 amide bonds. The van der Waals surface area contributed by atoms with Gasteiger partial charge in [0, 0.05) is 43.4 Å². The number of nitrogens with zero attached hydrogens (tertiary/aromatic N) is 1. The molecule has 2 rings (SSSR count). The number of ether oxygens (including phenoxy) is 2. The second kappa shape index (κ2) is 8.38. The predicted molar refractivity (Wildman–Crippen MR) is 85.9 cm³/mol. The highest BCUT2D eigenvalue weighted by Crippen LogP contribution is 2.17. The van der Waals surface area contributed by atoms with Gasteiger partial charge < -0.3 is 19.7 Å². The lowest BCUT2D eigenvalue weighted by molar-refractivity contribution is 0.0588. The molecule has 6 heteroatoms. The first-order valence-corrected chi connectivity index (χ1v) is 7.94. The molecule has 2 unspecified atom stereocenters. The monoisotopic (exact) mass is 324 g/mol. The lowest BCUT2D eigenvalue weighted by atomic mass is 10.0. The van der Waals surface area contributed by atoms with Gasteiger partial charge in [0.1, 0.15) is 5.82 Å². The Morgan fingerprint density at radius 2 is 2.17 bits per heavy atom. The first-order chi connectivity index (χ1) is 11.0. The minimum atomic E-state index is -0.360. The number of nitrogens with one attached hydrogen (secondary N) is 1. The van der Waals surface area contributed by atoms with Gasteiger partial charge in [-0.25, -0.2) is 4.39 Å². The number of carbonyl (C=O) groups excluding carboxylic acids is 1. The molecule has 0 bridgehead atoms. The summed E-state index contributed by atoms with van der Waals surface area (Å²) in [5, 5.41) is 3.34. The molecular formula is C17H25FN2O3. The summed E-state index contributed by atoms with van der Waals surface area (Å²) in [6.45, 7) is 6.48. The van der Waals surface area contributed by atoms with E-state index in [1.807, 2.05) is 11.8 Å². The summed E-state index contributed by atoms with van der Waals surface area (Å²) >= 11 is 0. The van der Waals surface area contributed by atoms with E-state index in [2.05, 4.69) is 12.2 Å². The van der Waals surface area contributed by atoms with E-state index in [0.717, 1.165) is 6.54 Å². The number of hydrogen-bond donors (Lipinski definition) is 1. The quantitative estimate of drug-likeness (QED) is 0.811. The van der Waals surface area contributed by atoms with Crippen LogP contribution in [-0.2, 0) is 16.1 Å². The van der Waals surface area contributed by atoms with Gasteiger partial charge in [-0.3, -0.25) is 4.79 Å². The third kappa shape index (κ3) is 4.50. The van der Waals surface area contributed by atoms with Crippen LogP contribution in [0.3, 0.4) is 0 Å². The highest BCUT2D eigenvalue weighted by Gasteiger charge is 2.28. The van der Waals surface area contributed by atoms with E-state index in [1.165, 1.54) is 12.1 Å². The van der Waals surface area contributed by atoms with Gasteiger partial charge >= 0.3 is 0 Å². The van der Waals surface area contributed by atoms with Crippen molar-refractivity contribution in [3.63, 3.8) is 0 Å². The van der Waals surface area contributed by atoms with Crippen LogP contribution in [0.4, 0.5) is 4.39 Å². The van der Waals surface area contributed by atoms with Crippen molar-refractivity contribution >= 4 is 5.91 Å². The summed E-state index contributed by atoms with van der Waals surface area (Å²) in [6.07, 6.45) is 0. The predicted octanol–water partition coefficient (Wildman–Crippen LogP) is 1.81. The Morgan fingerprint density at radius 1 is 1.39 bits per heavy atom. The first-order valence-electron chi connectivity index (χ1n) is 7.94. The Bertz CT molecular complexity index is 539. The Kier molecular flexibility index (Phi) is 6.50. The Balaban J connectivity index is 2.08. The second-order valence-electron chi connectivity index (χ2n) is 5.83. The standard InChI is InChI=1S/C17H25FN2O3/c1-12-13(2)20(7-6-19-12)17(21)14-4-5-16(18)15(10-14)11-23-9-8-22-3/h4-5,10,12-13,19H,6-9,11H2,1-3H3. The number of carbonyl (C=O) groups is 1. The summed E-state index contributed by atoms with van der Waals surface area (Å²) in [4.78, 5) is 14.5. The fourth-order valence-electron chi connectivity index (χ4n) is 2.65. The molecule has 2 atom stereocenters. The molecule has 23 heavy (non-hydrogen) atoms. The molecule has 1 aliphatic heterocycles. The summed E-state index contributed by atoms with van der Waals surface area (Å²) in [6, 6.07) is 4.80. The number of hydrogen-bond acceptors (Lipinski definition) is 4. The average molecular weight is 324 g/mol. The molecule has 128 valence electrons. The molecule has 5 nitrogen and oxygen atoms in total. The van der Waals surface area contributed by atoms with E-state index in [4.69, 9.17) is 9.47 Å². The Labute approximate surface area is 136 Å². The summed E-state index contributed by atoms with van der Waals surface area (Å²) in [7, 11) is 1.58. The molecule has 1 heterocycles. The molecule has 0 aliphatic carbocycles. The van der Waals surface area contributed by atoms with E-state index in [9.17, 15) is 9.18 Å². The van der Waals surface area contributed by atoms with E-state index >= 15 is 0 Å². The van der Waals surface area contributed by atoms with Gasteiger partial charge in [0.05, 0.1) is 19.8 Å². The molecule has 1 aromatic carbocycles. The summed E-state index contributed by atoms with van der Waals surface area (Å²) in [5.41, 5.74) is 0.889. The van der Waals surface area contributed by atoms with Crippen LogP contribution < -0.4 is 5.32 Å². The summed E-state index contributed by atoms with van der Waals surface area (Å²) in [5.74, 6) is -0.426. The fourth-order valence-corrected chi connectivity index (χ4v) is 2.65. The van der Waals surface area contributed by atoms with Crippen LogP contribution in [0, 0.1) is 5.82 Å². The van der Waals surface area contributed by atoms with E-state index in [0.29, 0.717) is 30.9 Å². The number of rotatable bonds is 6. The van der Waals surface area contributed by atoms with Crippen LogP contribution in [-0.4, -0.2) is 56.3 Å². The van der Waals surface area contributed by atoms with Crippen LogP contribution in [0.1, 0.15) is 29.8 Å². The smallest absolute Gasteiger partial charge is 0.254 e. The van der Waals surface area contributed by atoms with Gasteiger partial charge in [-0.2, -0.15) is 0 Å². The zero-order chi connectivity index (χ0) is 16.8. The normalized spacial score (nSPS) is 21.5. The number of amides is 1. The molecule has 1 saturated heterocycles. The SMILES string of the molecule is COCCOCc1cc(C(=O)N2CCNC(C)C2C)ccc1F. The van der Waals surface area contributed by atoms with Crippen molar-refractivity contribution in [1.29, 1.82) is 0 Å². The van der Waals surface area contributed by atoms with E-state index in [1.54, 1.807) is 13.2 Å². The van der Waals surface area contributed by atoms with Gasteiger partial charge in [-0.15, -0.1) is 0 Å². The van der Waals surface area contributed by atoms with Crippen LogP contribution in [0.2, 0.25) is 0 Å². The topological polar surface area (TPSA) is 50.8 Å². The molecule has 1 fully saturated rings. The molecule has 0 saturated carbocycles. The van der Waals surface area contributed by atoms with Crippen molar-refractivity contribution in [3.05, 3.63) is 35.1 Å². The van der Waals surface area contributed by atoms with Gasteiger partial charge in [-0.05, 0) is 32.0 Å². The highest BCUT2D eigenvalue weighted by molar-refractivity contribution is 5.94. The number of methoxy groups -OCH3 is 1. The van der Waals surface area contributed by atoms with Gasteiger partial charge in [0.15, 0.2) is 0 Å². The molecule has 0 spiro atoms. The number of halogens is 1. The number of piperazine rings is 1. The number of benzene rings is 1. The third-order valence-corrected chi connectivity index (χ3v) is 4.28. The second-order valence-corrected chi connectivity index (χ2v) is 5.83. The van der Waals surface area contributed by atoms with Gasteiger partial charge in [0.2, 0.25) is 0 Å². The van der Waals surface area contributed by atoms with Crippen molar-refractivity contribution in [2.24, 2.45) is 0 Å². The van der Waals surface area contributed by atoms with Crippen LogP contribution in [0.5, 0.6) is 0 Å². The fraction of sp³-hybridized carbons (Fsp3) is 0.588. The molecule has 1 N–H and O–H groups in total. The van der Waals surface area contributed by atoms with Crippen LogP contribution in [0.25, 0.3) is 0 Å². The molecular weight excluding hydrogens is 299 g/mol. The first kappa shape index (κ1) is 17.8. The maximum absolute atomic E-state index is 13.9. The molecule has 1 aliphatic rings. The van der Waals surface area contributed by atoms with Crippen molar-refractivity contribution in [2.75, 3.05) is 33.4 Å². The van der Waals surface area contributed by atoms with Crippen molar-refractivity contribution in [1.82, 2.24) is 10.2 Å². The van der Waals surface area contributed by atoms with E-state index < -0.39 is 0 Å².